The molecular formula is C23H36F2N4O6S. The van der Waals surface area contributed by atoms with Crippen molar-refractivity contribution in [2.75, 3.05) is 0 Å². The number of halogens is 2. The summed E-state index contributed by atoms with van der Waals surface area (Å²) in [6.07, 6.45) is -3.93. The highest BCUT2D eigenvalue weighted by Crippen LogP contribution is 2.46. The first-order valence-electron chi connectivity index (χ1n) is 11.5. The minimum absolute atomic E-state index is 0.0427. The molecule has 3 atom stereocenters. The Balaban J connectivity index is 2.46. The van der Waals surface area contributed by atoms with E-state index in [1.54, 1.807) is 62.3 Å². The summed E-state index contributed by atoms with van der Waals surface area (Å²) in [5.41, 5.74) is -4.19. The number of nitrogens with zero attached hydrogens (tertiary/aromatic N) is 2. The molecule has 0 unspecified atom stereocenters. The number of alkyl carbamates (subject to hydrolysis) is 1. The van der Waals surface area contributed by atoms with Crippen molar-refractivity contribution in [3.63, 3.8) is 0 Å². The molecule has 0 aromatic carbocycles. The van der Waals surface area contributed by atoms with Gasteiger partial charge in [0.05, 0.1) is 5.92 Å². The number of hydrogen-bond donors (Lipinski definition) is 2. The highest BCUT2D eigenvalue weighted by atomic mass is 32.2. The number of amides is 1. The maximum atomic E-state index is 13.4. The lowest BCUT2D eigenvalue weighted by Crippen LogP contribution is -2.56. The standard InChI is InChI=1S/C23H36F2N4O6S/c1-20(2,3)33-16(30)12-10-23(17(31)34-21(4,5)6,27-19(32)35-22(7,8)9)11-13(12)36-18-26-15(14(24)25)28-29-18/h12-14H,10-11H2,1-9H3,(H,27,32)(H,26,28,29)/t12-,13-,23-/m1/s1. The minimum atomic E-state index is -2.85. The maximum absolute atomic E-state index is 13.4. The molecule has 0 spiro atoms. The van der Waals surface area contributed by atoms with Crippen molar-refractivity contribution in [1.29, 1.82) is 0 Å². The number of alkyl halides is 2. The van der Waals surface area contributed by atoms with Gasteiger partial charge in [-0.2, -0.15) is 0 Å². The quantitative estimate of drug-likeness (QED) is 0.398. The van der Waals surface area contributed by atoms with Crippen LogP contribution in [0.1, 0.15) is 87.4 Å². The molecule has 1 fully saturated rings. The van der Waals surface area contributed by atoms with Gasteiger partial charge in [-0.3, -0.25) is 4.79 Å². The summed E-state index contributed by atoms with van der Waals surface area (Å²) in [6, 6.07) is 0. The first-order chi connectivity index (χ1) is 16.2. The first-order valence-corrected chi connectivity index (χ1v) is 12.4. The molecule has 1 aromatic rings. The van der Waals surface area contributed by atoms with Crippen molar-refractivity contribution < 1.29 is 37.4 Å². The zero-order valence-electron chi connectivity index (χ0n) is 22.2. The zero-order chi connectivity index (χ0) is 27.7. The van der Waals surface area contributed by atoms with Gasteiger partial charge in [-0.1, -0.05) is 11.8 Å². The van der Waals surface area contributed by atoms with Crippen molar-refractivity contribution in [2.24, 2.45) is 5.92 Å². The summed E-state index contributed by atoms with van der Waals surface area (Å²) < 4.78 is 42.6. The second-order valence-electron chi connectivity index (χ2n) is 11.7. The molecule has 0 aliphatic heterocycles. The van der Waals surface area contributed by atoms with Crippen molar-refractivity contribution in [2.45, 2.75) is 114 Å². The van der Waals surface area contributed by atoms with Gasteiger partial charge in [-0.15, -0.1) is 10.2 Å². The fourth-order valence-corrected chi connectivity index (χ4v) is 4.84. The highest BCUT2D eigenvalue weighted by Gasteiger charge is 2.57. The molecule has 1 aliphatic rings. The van der Waals surface area contributed by atoms with Gasteiger partial charge < -0.3 is 24.5 Å². The molecule has 1 saturated carbocycles. The Hall–Kier alpha value is -2.44. The van der Waals surface area contributed by atoms with Crippen LogP contribution in [0, 0.1) is 5.92 Å². The van der Waals surface area contributed by atoms with E-state index in [1.807, 2.05) is 0 Å². The average molecular weight is 535 g/mol. The number of aromatic amines is 1. The van der Waals surface area contributed by atoms with Crippen LogP contribution < -0.4 is 5.32 Å². The van der Waals surface area contributed by atoms with Crippen LogP contribution in [0.3, 0.4) is 0 Å². The van der Waals surface area contributed by atoms with Crippen molar-refractivity contribution >= 4 is 29.8 Å². The van der Waals surface area contributed by atoms with Crippen molar-refractivity contribution in [3.8, 4) is 0 Å². The van der Waals surface area contributed by atoms with E-state index in [1.165, 1.54) is 0 Å². The smallest absolute Gasteiger partial charge is 0.408 e. The Morgan fingerprint density at radius 2 is 1.50 bits per heavy atom. The van der Waals surface area contributed by atoms with Gasteiger partial charge in [0.15, 0.2) is 11.0 Å². The second-order valence-corrected chi connectivity index (χ2v) is 13.0. The molecule has 0 bridgehead atoms. The fraction of sp³-hybridized carbons (Fsp3) is 0.783. The van der Waals surface area contributed by atoms with E-state index >= 15 is 0 Å². The monoisotopic (exact) mass is 534 g/mol. The van der Waals surface area contributed by atoms with Crippen LogP contribution in [0.5, 0.6) is 0 Å². The summed E-state index contributed by atoms with van der Waals surface area (Å²) in [4.78, 5) is 41.8. The third-order valence-corrected chi connectivity index (χ3v) is 5.96. The molecule has 10 nitrogen and oxygen atoms in total. The number of rotatable bonds is 6. The summed E-state index contributed by atoms with van der Waals surface area (Å²) in [6.45, 7) is 15.2. The lowest BCUT2D eigenvalue weighted by molar-refractivity contribution is -0.164. The SMILES string of the molecule is CC(C)(C)OC(=O)N[C@@]1(C(=O)OC(C)(C)C)C[C@@H](Sc2nnc(C(F)F)[nH]2)[C@H](C(=O)OC(C)(C)C)C1. The van der Waals surface area contributed by atoms with Crippen LogP contribution in [-0.2, 0) is 23.8 Å². The Morgan fingerprint density at radius 1 is 0.944 bits per heavy atom. The number of thioether (sulfide) groups is 1. The third kappa shape index (κ3) is 8.59. The number of hydrogen-bond acceptors (Lipinski definition) is 9. The topological polar surface area (TPSA) is 132 Å². The van der Waals surface area contributed by atoms with Crippen LogP contribution in [0.25, 0.3) is 0 Å². The number of nitrogens with one attached hydrogen (secondary N) is 2. The van der Waals surface area contributed by atoms with Gasteiger partial charge in [0.2, 0.25) is 0 Å². The molecule has 1 aliphatic carbocycles. The molecule has 2 rings (SSSR count). The Morgan fingerprint density at radius 3 is 1.97 bits per heavy atom. The summed E-state index contributed by atoms with van der Waals surface area (Å²) >= 11 is 0.967. The number of carbonyl (C=O) groups excluding carboxylic acids is 3. The lowest BCUT2D eigenvalue weighted by atomic mass is 9.95. The largest absolute Gasteiger partial charge is 0.460 e. The van der Waals surface area contributed by atoms with Gasteiger partial charge in [-0.25, -0.2) is 18.4 Å². The van der Waals surface area contributed by atoms with E-state index < -0.39 is 63.8 Å². The normalized spacial score (nSPS) is 22.9. The molecule has 13 heteroatoms. The molecule has 1 aromatic heterocycles. The number of ether oxygens (including phenoxy) is 3. The van der Waals surface area contributed by atoms with E-state index in [4.69, 9.17) is 14.2 Å². The van der Waals surface area contributed by atoms with Gasteiger partial charge in [0, 0.05) is 5.25 Å². The Kier molecular flexibility index (Phi) is 8.69. The first kappa shape index (κ1) is 29.8. The van der Waals surface area contributed by atoms with E-state index in [0.29, 0.717) is 0 Å². The summed E-state index contributed by atoms with van der Waals surface area (Å²) in [7, 11) is 0. The number of esters is 2. The number of aromatic nitrogens is 3. The molecule has 2 N–H and O–H groups in total. The highest BCUT2D eigenvalue weighted by molar-refractivity contribution is 7.99. The molecular weight excluding hydrogens is 498 g/mol. The van der Waals surface area contributed by atoms with Gasteiger partial charge in [-0.05, 0) is 75.2 Å². The fourth-order valence-electron chi connectivity index (χ4n) is 3.56. The molecule has 0 saturated heterocycles. The van der Waals surface area contributed by atoms with Crippen LogP contribution in [0.4, 0.5) is 13.6 Å². The van der Waals surface area contributed by atoms with Crippen LogP contribution in [-0.4, -0.2) is 60.8 Å². The predicted octanol–water partition coefficient (Wildman–Crippen LogP) is 4.56. The molecule has 204 valence electrons. The number of H-pyrrole nitrogens is 1. The van der Waals surface area contributed by atoms with Gasteiger partial charge >= 0.3 is 18.0 Å². The Bertz CT molecular complexity index is 967. The molecule has 0 radical (unpaired) electrons. The molecule has 36 heavy (non-hydrogen) atoms. The van der Waals surface area contributed by atoms with Gasteiger partial charge in [0.25, 0.3) is 6.43 Å². The van der Waals surface area contributed by atoms with E-state index in [2.05, 4.69) is 20.5 Å². The lowest BCUT2D eigenvalue weighted by Gasteiger charge is -2.33. The predicted molar refractivity (Wildman–Crippen MR) is 127 cm³/mol. The zero-order valence-corrected chi connectivity index (χ0v) is 23.0. The van der Waals surface area contributed by atoms with Crippen LogP contribution in [0.2, 0.25) is 0 Å². The third-order valence-electron chi connectivity index (χ3n) is 4.76. The van der Waals surface area contributed by atoms with Gasteiger partial charge in [0.1, 0.15) is 22.3 Å². The maximum Gasteiger partial charge on any atom is 0.408 e. The summed E-state index contributed by atoms with van der Waals surface area (Å²) in [5, 5.41) is 9.13. The van der Waals surface area contributed by atoms with Crippen molar-refractivity contribution in [1.82, 2.24) is 20.5 Å². The molecule has 1 heterocycles. The molecule has 1 amide bonds. The average Bonchev–Trinajstić information content (AvgIpc) is 3.23. The minimum Gasteiger partial charge on any atom is -0.460 e. The second kappa shape index (κ2) is 10.5. The van der Waals surface area contributed by atoms with Crippen LogP contribution >= 0.6 is 11.8 Å². The van der Waals surface area contributed by atoms with E-state index in [0.717, 1.165) is 11.8 Å². The van der Waals surface area contributed by atoms with E-state index in [9.17, 15) is 23.2 Å². The van der Waals surface area contributed by atoms with Crippen LogP contribution in [0.15, 0.2) is 5.16 Å². The van der Waals surface area contributed by atoms with Crippen molar-refractivity contribution in [3.05, 3.63) is 5.82 Å². The summed E-state index contributed by atoms with van der Waals surface area (Å²) in [5.74, 6) is -2.88. The number of carbonyl (C=O) groups is 3. The Labute approximate surface area is 214 Å². The van der Waals surface area contributed by atoms with E-state index in [-0.39, 0.29) is 18.0 Å².